The van der Waals surface area contributed by atoms with E-state index in [4.69, 9.17) is 5.26 Å². The number of anilines is 1. The lowest BCUT2D eigenvalue weighted by molar-refractivity contribution is 0.0777. The molecule has 136 valence electrons. The van der Waals surface area contributed by atoms with Crippen LogP contribution in [0.25, 0.3) is 0 Å². The van der Waals surface area contributed by atoms with E-state index in [1.165, 1.54) is 35.5 Å². The molecule has 0 spiro atoms. The average molecular weight is 420 g/mol. The van der Waals surface area contributed by atoms with Gasteiger partial charge in [-0.2, -0.15) is 10.2 Å². The van der Waals surface area contributed by atoms with Crippen molar-refractivity contribution in [2.75, 3.05) is 12.0 Å². The zero-order chi connectivity index (χ0) is 19.3. The molecule has 0 atom stereocenters. The lowest BCUT2D eigenvalue weighted by atomic mass is 9.92. The number of amides is 1. The number of benzene rings is 1. The molecule has 2 rings (SSSR count). The van der Waals surface area contributed by atoms with Crippen LogP contribution in [-0.2, 0) is 0 Å². The summed E-state index contributed by atoms with van der Waals surface area (Å²) in [7, 11) is 0. The molecular weight excluding hydrogens is 401 g/mol. The number of halogens is 2. The maximum Gasteiger partial charge on any atom is 0.272 e. The Morgan fingerprint density at radius 3 is 2.58 bits per heavy atom. The fourth-order valence-electron chi connectivity index (χ4n) is 2.03. The van der Waals surface area contributed by atoms with E-state index in [1.807, 2.05) is 6.07 Å². The first-order valence-electron chi connectivity index (χ1n) is 7.96. The van der Waals surface area contributed by atoms with Gasteiger partial charge in [0.1, 0.15) is 11.9 Å². The summed E-state index contributed by atoms with van der Waals surface area (Å²) in [6.45, 7) is 6.61. The molecule has 6 nitrogen and oxygen atoms in total. The Balaban J connectivity index is 2.30. The molecule has 8 heteroatoms. The van der Waals surface area contributed by atoms with Gasteiger partial charge in [-0.1, -0.05) is 20.8 Å². The molecule has 0 fully saturated rings. The molecule has 0 saturated carbocycles. The zero-order valence-electron chi connectivity index (χ0n) is 14.8. The number of nitrogens with one attached hydrogen (secondary N) is 1. The molecule has 1 heterocycles. The van der Waals surface area contributed by atoms with E-state index in [0.717, 1.165) is 6.42 Å². The summed E-state index contributed by atoms with van der Waals surface area (Å²) in [4.78, 5) is 20.8. The third-order valence-electron chi connectivity index (χ3n) is 3.51. The fraction of sp³-hybridized carbons (Fsp3) is 0.333. The second-order valence-corrected chi connectivity index (χ2v) is 7.74. The third kappa shape index (κ3) is 5.49. The largest absolute Gasteiger partial charge is 0.278 e. The summed E-state index contributed by atoms with van der Waals surface area (Å²) < 4.78 is 13.7. The van der Waals surface area contributed by atoms with E-state index >= 15 is 0 Å². The Kier molecular flexibility index (Phi) is 6.27. The van der Waals surface area contributed by atoms with Gasteiger partial charge in [-0.3, -0.25) is 15.2 Å². The molecule has 2 aromatic rings. The van der Waals surface area contributed by atoms with Crippen molar-refractivity contribution in [2.45, 2.75) is 27.2 Å². The topological polar surface area (TPSA) is 81.9 Å². The smallest absolute Gasteiger partial charge is 0.272 e. The first-order valence-corrected chi connectivity index (χ1v) is 8.75. The number of carbonyl (C=O) groups excluding carboxylic acids is 1. The predicted molar refractivity (Wildman–Crippen MR) is 99.6 cm³/mol. The highest BCUT2D eigenvalue weighted by atomic mass is 79.9. The molecule has 0 saturated heterocycles. The Labute approximate surface area is 160 Å². The fourth-order valence-corrected chi connectivity index (χ4v) is 2.31. The minimum atomic E-state index is -0.409. The minimum absolute atomic E-state index is 0.00370. The third-order valence-corrected chi connectivity index (χ3v) is 4.09. The Hall–Kier alpha value is -2.53. The van der Waals surface area contributed by atoms with E-state index in [-0.39, 0.29) is 17.1 Å². The number of hydrogen-bond donors (Lipinski definition) is 1. The van der Waals surface area contributed by atoms with Crippen molar-refractivity contribution >= 4 is 27.7 Å². The number of nitriles is 1. The van der Waals surface area contributed by atoms with Crippen molar-refractivity contribution in [2.24, 2.45) is 5.41 Å². The van der Waals surface area contributed by atoms with Crippen LogP contribution in [0.4, 0.5) is 10.2 Å². The SMILES string of the molecule is CC(C)(C)CCN(Nc1nc(C#N)ncc1Br)C(=O)c1ccc(F)cc1. The van der Waals surface area contributed by atoms with Gasteiger partial charge in [-0.15, -0.1) is 0 Å². The predicted octanol–water partition coefficient (Wildman–Crippen LogP) is 4.16. The van der Waals surface area contributed by atoms with Gasteiger partial charge in [0, 0.05) is 18.3 Å². The van der Waals surface area contributed by atoms with Crippen LogP contribution in [0.1, 0.15) is 43.4 Å². The molecule has 0 bridgehead atoms. The van der Waals surface area contributed by atoms with Crippen molar-refractivity contribution in [3.63, 3.8) is 0 Å². The number of hydrogen-bond acceptors (Lipinski definition) is 5. The zero-order valence-corrected chi connectivity index (χ0v) is 16.3. The summed E-state index contributed by atoms with van der Waals surface area (Å²) in [6.07, 6.45) is 2.17. The Morgan fingerprint density at radius 1 is 1.35 bits per heavy atom. The maximum absolute atomic E-state index is 13.1. The molecule has 1 amide bonds. The van der Waals surface area contributed by atoms with Crippen molar-refractivity contribution in [3.8, 4) is 6.07 Å². The van der Waals surface area contributed by atoms with E-state index in [9.17, 15) is 9.18 Å². The normalized spacial score (nSPS) is 10.9. The quantitative estimate of drug-likeness (QED) is 0.735. The second-order valence-electron chi connectivity index (χ2n) is 6.89. The van der Waals surface area contributed by atoms with Crippen molar-refractivity contribution in [1.82, 2.24) is 15.0 Å². The van der Waals surface area contributed by atoms with E-state index in [1.54, 1.807) is 0 Å². The number of rotatable bonds is 5. The van der Waals surface area contributed by atoms with Crippen LogP contribution in [0.5, 0.6) is 0 Å². The number of nitrogens with zero attached hydrogens (tertiary/aromatic N) is 4. The van der Waals surface area contributed by atoms with Gasteiger partial charge in [0.2, 0.25) is 5.82 Å². The molecule has 0 aliphatic heterocycles. The summed E-state index contributed by atoms with van der Waals surface area (Å²) in [6, 6.07) is 7.20. The lowest BCUT2D eigenvalue weighted by Gasteiger charge is -2.28. The van der Waals surface area contributed by atoms with Crippen LogP contribution in [0.2, 0.25) is 0 Å². The van der Waals surface area contributed by atoms with Gasteiger partial charge < -0.3 is 0 Å². The highest BCUT2D eigenvalue weighted by molar-refractivity contribution is 9.10. The molecule has 1 aromatic carbocycles. The highest BCUT2D eigenvalue weighted by Crippen LogP contribution is 2.23. The Morgan fingerprint density at radius 2 is 2.00 bits per heavy atom. The molecule has 1 N–H and O–H groups in total. The van der Waals surface area contributed by atoms with Gasteiger partial charge in [-0.05, 0) is 52.0 Å². The summed E-state index contributed by atoms with van der Waals surface area (Å²) in [5.74, 6) is -0.437. The number of hydrazine groups is 1. The van der Waals surface area contributed by atoms with Gasteiger partial charge in [-0.25, -0.2) is 9.37 Å². The van der Waals surface area contributed by atoms with Crippen LogP contribution in [-0.4, -0.2) is 27.4 Å². The van der Waals surface area contributed by atoms with E-state index < -0.39 is 5.82 Å². The number of aromatic nitrogens is 2. The summed E-state index contributed by atoms with van der Waals surface area (Å²) >= 11 is 3.31. The van der Waals surface area contributed by atoms with Crippen LogP contribution in [0.3, 0.4) is 0 Å². The molecule has 0 aliphatic rings. The first kappa shape index (κ1) is 19.8. The van der Waals surface area contributed by atoms with Gasteiger partial charge in [0.05, 0.1) is 4.47 Å². The molecule has 1 aromatic heterocycles. The van der Waals surface area contributed by atoms with Crippen LogP contribution >= 0.6 is 15.9 Å². The molecule has 0 aliphatic carbocycles. The average Bonchev–Trinajstić information content (AvgIpc) is 2.59. The highest BCUT2D eigenvalue weighted by Gasteiger charge is 2.21. The van der Waals surface area contributed by atoms with Crippen LogP contribution in [0, 0.1) is 22.6 Å². The van der Waals surface area contributed by atoms with Crippen molar-refractivity contribution < 1.29 is 9.18 Å². The minimum Gasteiger partial charge on any atom is -0.278 e. The standard InChI is InChI=1S/C18H19BrFN5O/c1-18(2,3)8-9-25(17(26)12-4-6-13(20)7-5-12)24-16-14(19)11-22-15(10-21)23-16/h4-7,11H,8-9H2,1-3H3,(H,22,23,24). The lowest BCUT2D eigenvalue weighted by Crippen LogP contribution is -2.39. The van der Waals surface area contributed by atoms with Crippen molar-refractivity contribution in [1.29, 1.82) is 5.26 Å². The maximum atomic E-state index is 13.1. The van der Waals surface area contributed by atoms with Crippen LogP contribution in [0.15, 0.2) is 34.9 Å². The summed E-state index contributed by atoms with van der Waals surface area (Å²) in [5.41, 5.74) is 3.30. The van der Waals surface area contributed by atoms with E-state index in [0.29, 0.717) is 22.4 Å². The van der Waals surface area contributed by atoms with Gasteiger partial charge in [0.25, 0.3) is 5.91 Å². The van der Waals surface area contributed by atoms with E-state index in [2.05, 4.69) is 52.1 Å². The van der Waals surface area contributed by atoms with Crippen molar-refractivity contribution in [3.05, 3.63) is 52.1 Å². The van der Waals surface area contributed by atoms with Gasteiger partial charge >= 0.3 is 0 Å². The monoisotopic (exact) mass is 419 g/mol. The summed E-state index contributed by atoms with van der Waals surface area (Å²) in [5, 5.41) is 10.4. The molecule has 0 unspecified atom stereocenters. The Bertz CT molecular complexity index is 827. The van der Waals surface area contributed by atoms with Crippen LogP contribution < -0.4 is 5.43 Å². The first-order chi connectivity index (χ1) is 12.2. The van der Waals surface area contributed by atoms with Gasteiger partial charge in [0.15, 0.2) is 5.82 Å². The number of carbonyl (C=O) groups is 1. The second kappa shape index (κ2) is 8.23. The molecule has 26 heavy (non-hydrogen) atoms. The molecular formula is C18H19BrFN5O. The molecule has 0 radical (unpaired) electrons.